The molecule has 4 atom stereocenters. The first-order valence-electron chi connectivity index (χ1n) is 10.3. The van der Waals surface area contributed by atoms with E-state index in [0.717, 1.165) is 5.56 Å². The Hall–Kier alpha value is -3.09. The van der Waals surface area contributed by atoms with Gasteiger partial charge in [0.15, 0.2) is 0 Å². The molecule has 6 heteroatoms. The number of aromatic hydroxyl groups is 1. The molecule has 2 aromatic carbocycles. The smallest absolute Gasteiger partial charge is 0.342 e. The Bertz CT molecular complexity index is 950. The predicted molar refractivity (Wildman–Crippen MR) is 118 cm³/mol. The van der Waals surface area contributed by atoms with Crippen LogP contribution in [0.5, 0.6) is 11.5 Å². The number of carbonyl (C=O) groups is 1. The summed E-state index contributed by atoms with van der Waals surface area (Å²) in [6.45, 7) is 1.77. The fraction of sp³-hybridized carbons (Fsp3) is 0.320. The van der Waals surface area contributed by atoms with Gasteiger partial charge in [-0.3, -0.25) is 0 Å². The SMILES string of the molecule is COc1cc(O)c2c(c1)/C=C/C[C@H](O)[C@H](O)/C=C\[C@@H](Cc1ccccc1)[C@H](C)OC2=O. The number of phenols is 1. The summed E-state index contributed by atoms with van der Waals surface area (Å²) in [4.78, 5) is 13.0. The minimum Gasteiger partial charge on any atom is -0.507 e. The van der Waals surface area contributed by atoms with Crippen LogP contribution in [0.4, 0.5) is 0 Å². The first-order chi connectivity index (χ1) is 14.9. The molecule has 0 radical (unpaired) electrons. The van der Waals surface area contributed by atoms with E-state index in [-0.39, 0.29) is 23.7 Å². The fourth-order valence-corrected chi connectivity index (χ4v) is 3.54. The highest BCUT2D eigenvalue weighted by Gasteiger charge is 2.25. The van der Waals surface area contributed by atoms with Gasteiger partial charge in [0.05, 0.1) is 19.3 Å². The summed E-state index contributed by atoms with van der Waals surface area (Å²) < 4.78 is 10.9. The maximum Gasteiger partial charge on any atom is 0.342 e. The molecule has 3 N–H and O–H groups in total. The van der Waals surface area contributed by atoms with Crippen molar-refractivity contribution < 1.29 is 29.6 Å². The predicted octanol–water partition coefficient (Wildman–Crippen LogP) is 3.50. The van der Waals surface area contributed by atoms with Crippen LogP contribution in [0.25, 0.3) is 6.08 Å². The lowest BCUT2D eigenvalue weighted by atomic mass is 9.93. The number of phenolic OH excluding ortho intramolecular Hbond substituents is 1. The number of fused-ring (bicyclic) bond motifs is 1. The van der Waals surface area contributed by atoms with Gasteiger partial charge in [-0.25, -0.2) is 4.79 Å². The summed E-state index contributed by atoms with van der Waals surface area (Å²) in [5, 5.41) is 31.1. The fourth-order valence-electron chi connectivity index (χ4n) is 3.54. The molecule has 164 valence electrons. The Morgan fingerprint density at radius 1 is 1.13 bits per heavy atom. The lowest BCUT2D eigenvalue weighted by molar-refractivity contribution is 0.0240. The second kappa shape index (κ2) is 10.3. The van der Waals surface area contributed by atoms with Crippen molar-refractivity contribution in [2.75, 3.05) is 7.11 Å². The molecular formula is C25H28O6. The Morgan fingerprint density at radius 2 is 1.87 bits per heavy atom. The van der Waals surface area contributed by atoms with Crippen molar-refractivity contribution in [3.05, 3.63) is 77.4 Å². The molecule has 0 aliphatic carbocycles. The average Bonchev–Trinajstić information content (AvgIpc) is 2.76. The van der Waals surface area contributed by atoms with Crippen molar-refractivity contribution >= 4 is 12.0 Å². The molecule has 1 heterocycles. The van der Waals surface area contributed by atoms with E-state index >= 15 is 0 Å². The Balaban J connectivity index is 1.99. The van der Waals surface area contributed by atoms with Crippen LogP contribution in [0.2, 0.25) is 0 Å². The van der Waals surface area contributed by atoms with E-state index < -0.39 is 24.3 Å². The number of benzene rings is 2. The monoisotopic (exact) mass is 424 g/mol. The first-order valence-corrected chi connectivity index (χ1v) is 10.3. The molecule has 0 bridgehead atoms. The summed E-state index contributed by atoms with van der Waals surface area (Å²) >= 11 is 0. The summed E-state index contributed by atoms with van der Waals surface area (Å²) in [7, 11) is 1.46. The third-order valence-corrected chi connectivity index (χ3v) is 5.40. The molecule has 0 saturated carbocycles. The van der Waals surface area contributed by atoms with E-state index in [1.807, 2.05) is 30.3 Å². The van der Waals surface area contributed by atoms with Crippen molar-refractivity contribution in [1.29, 1.82) is 0 Å². The number of aliphatic hydroxyl groups excluding tert-OH is 2. The number of hydrogen-bond acceptors (Lipinski definition) is 6. The largest absolute Gasteiger partial charge is 0.507 e. The lowest BCUT2D eigenvalue weighted by Gasteiger charge is -2.23. The number of rotatable bonds is 3. The first kappa shape index (κ1) is 22.6. The lowest BCUT2D eigenvalue weighted by Crippen LogP contribution is -2.27. The summed E-state index contributed by atoms with van der Waals surface area (Å²) in [6.07, 6.45) is 4.66. The van der Waals surface area contributed by atoms with Gasteiger partial charge in [0.25, 0.3) is 0 Å². The van der Waals surface area contributed by atoms with E-state index in [1.165, 1.54) is 13.2 Å². The second-order valence-corrected chi connectivity index (χ2v) is 7.66. The van der Waals surface area contributed by atoms with Crippen molar-refractivity contribution in [2.45, 2.75) is 38.1 Å². The van der Waals surface area contributed by atoms with E-state index in [2.05, 4.69) is 0 Å². The topological polar surface area (TPSA) is 96.2 Å². The molecule has 0 saturated heterocycles. The van der Waals surface area contributed by atoms with Gasteiger partial charge in [-0.2, -0.15) is 0 Å². The number of carbonyl (C=O) groups excluding carboxylic acids is 1. The van der Waals surface area contributed by atoms with E-state index in [0.29, 0.717) is 17.7 Å². The third kappa shape index (κ3) is 5.75. The number of methoxy groups -OCH3 is 1. The summed E-state index contributed by atoms with van der Waals surface area (Å²) in [5.74, 6) is -0.762. The van der Waals surface area contributed by atoms with E-state index in [1.54, 1.807) is 37.3 Å². The van der Waals surface area contributed by atoms with Crippen LogP contribution >= 0.6 is 0 Å². The molecule has 1 aliphatic rings. The molecule has 0 aromatic heterocycles. The minimum absolute atomic E-state index is 0.0284. The Labute approximate surface area is 182 Å². The van der Waals surface area contributed by atoms with Crippen molar-refractivity contribution in [3.63, 3.8) is 0 Å². The van der Waals surface area contributed by atoms with Gasteiger partial charge in [0.1, 0.15) is 23.2 Å². The molecule has 0 unspecified atom stereocenters. The molecule has 0 amide bonds. The van der Waals surface area contributed by atoms with E-state index in [4.69, 9.17) is 9.47 Å². The molecule has 0 fully saturated rings. The van der Waals surface area contributed by atoms with Gasteiger partial charge >= 0.3 is 5.97 Å². The number of hydrogen-bond donors (Lipinski definition) is 3. The average molecular weight is 424 g/mol. The number of cyclic esters (lactones) is 1. The van der Waals surface area contributed by atoms with Crippen LogP contribution in [0.3, 0.4) is 0 Å². The molecule has 0 spiro atoms. The van der Waals surface area contributed by atoms with Crippen LogP contribution in [0, 0.1) is 5.92 Å². The van der Waals surface area contributed by atoms with Crippen LogP contribution in [0.15, 0.2) is 60.7 Å². The highest BCUT2D eigenvalue weighted by Crippen LogP contribution is 2.31. The molecule has 2 aromatic rings. The number of aliphatic hydroxyl groups is 2. The van der Waals surface area contributed by atoms with Crippen molar-refractivity contribution in [3.8, 4) is 11.5 Å². The van der Waals surface area contributed by atoms with Crippen LogP contribution in [-0.2, 0) is 11.2 Å². The van der Waals surface area contributed by atoms with Gasteiger partial charge in [-0.05, 0) is 37.0 Å². The van der Waals surface area contributed by atoms with Crippen LogP contribution < -0.4 is 4.74 Å². The normalized spacial score (nSPS) is 26.4. The van der Waals surface area contributed by atoms with Crippen molar-refractivity contribution in [2.24, 2.45) is 5.92 Å². The highest BCUT2D eigenvalue weighted by molar-refractivity contribution is 5.97. The molecule has 6 nitrogen and oxygen atoms in total. The zero-order valence-corrected chi connectivity index (χ0v) is 17.6. The molecule has 31 heavy (non-hydrogen) atoms. The highest BCUT2D eigenvalue weighted by atomic mass is 16.5. The van der Waals surface area contributed by atoms with Gasteiger partial charge in [0, 0.05) is 12.0 Å². The zero-order valence-electron chi connectivity index (χ0n) is 17.6. The zero-order chi connectivity index (χ0) is 22.4. The minimum atomic E-state index is -1.07. The van der Waals surface area contributed by atoms with Gasteiger partial charge in [-0.1, -0.05) is 54.6 Å². The Kier molecular flexibility index (Phi) is 7.50. The Morgan fingerprint density at radius 3 is 2.58 bits per heavy atom. The number of ether oxygens (including phenoxy) is 2. The van der Waals surface area contributed by atoms with Crippen LogP contribution in [0.1, 0.15) is 34.8 Å². The van der Waals surface area contributed by atoms with Gasteiger partial charge in [0.2, 0.25) is 0 Å². The maximum absolute atomic E-state index is 13.0. The van der Waals surface area contributed by atoms with Crippen LogP contribution in [-0.4, -0.2) is 46.7 Å². The number of esters is 1. The third-order valence-electron chi connectivity index (χ3n) is 5.40. The standard InChI is InChI=1S/C25H28O6/c1-16-18(13-17-7-4-3-5-8-17)11-12-22(27)21(26)10-6-9-19-14-20(30-2)15-23(28)24(19)25(29)31-16/h3-9,11-12,14-16,18,21-22,26-28H,10,13H2,1-2H3/b9-6+,12-11-/t16-,18-,21-,22+/m0/s1. The second-order valence-electron chi connectivity index (χ2n) is 7.66. The summed E-state index contributed by atoms with van der Waals surface area (Å²) in [6, 6.07) is 12.7. The summed E-state index contributed by atoms with van der Waals surface area (Å²) in [5.41, 5.74) is 1.48. The quantitative estimate of drug-likeness (QED) is 0.516. The van der Waals surface area contributed by atoms with Crippen molar-refractivity contribution in [1.82, 2.24) is 0 Å². The van der Waals surface area contributed by atoms with Gasteiger partial charge < -0.3 is 24.8 Å². The maximum atomic E-state index is 13.0. The van der Waals surface area contributed by atoms with E-state index in [9.17, 15) is 20.1 Å². The molecule has 3 rings (SSSR count). The van der Waals surface area contributed by atoms with Gasteiger partial charge in [-0.15, -0.1) is 0 Å². The molecule has 1 aliphatic heterocycles. The molecular weight excluding hydrogens is 396 g/mol.